The van der Waals surface area contributed by atoms with Crippen LogP contribution >= 0.6 is 7.82 Å². The zero-order valence-corrected chi connectivity index (χ0v) is 48.3. The normalized spacial score (nSPS) is 13.0. The third-order valence-electron chi connectivity index (χ3n) is 13.1. The second-order valence-corrected chi connectivity index (χ2v) is 22.3. The van der Waals surface area contributed by atoms with E-state index in [1.54, 1.807) is 48.5 Å². The molecule has 0 spiro atoms. The lowest BCUT2D eigenvalue weighted by atomic mass is 10.0. The minimum Gasteiger partial charge on any atom is -0.756 e. The Morgan fingerprint density at radius 3 is 1.97 bits per heavy atom. The van der Waals surface area contributed by atoms with Gasteiger partial charge < -0.3 is 48.3 Å². The number of nitrogens with two attached hydrogens (primary N) is 1. The van der Waals surface area contributed by atoms with E-state index in [4.69, 9.17) is 34.0 Å². The molecule has 0 saturated carbocycles. The van der Waals surface area contributed by atoms with Crippen LogP contribution in [-0.2, 0) is 51.0 Å². The van der Waals surface area contributed by atoms with Crippen molar-refractivity contribution in [3.05, 3.63) is 83.8 Å². The van der Waals surface area contributed by atoms with Gasteiger partial charge in [-0.1, -0.05) is 129 Å². The molecule has 0 aliphatic rings. The quantitative estimate of drug-likeness (QED) is 0.00801. The third-order valence-corrected chi connectivity index (χ3v) is 14.1. The van der Waals surface area contributed by atoms with Crippen molar-refractivity contribution < 1.29 is 56.4 Å². The van der Waals surface area contributed by atoms with Gasteiger partial charge in [0.15, 0.2) is 6.10 Å². The highest BCUT2D eigenvalue weighted by molar-refractivity contribution is 7.45. The molecule has 0 fully saturated rings. The Labute approximate surface area is 463 Å². The molecule has 0 aliphatic heterocycles. The van der Waals surface area contributed by atoms with Crippen LogP contribution in [0.2, 0.25) is 0 Å². The molecule has 2 unspecified atom stereocenters. The second-order valence-electron chi connectivity index (χ2n) is 20.9. The van der Waals surface area contributed by atoms with Crippen LogP contribution in [0, 0.1) is 0 Å². The number of aliphatic imine (C=N–C) groups is 1. The summed E-state index contributed by atoms with van der Waals surface area (Å²) < 4.78 is 41.6. The van der Waals surface area contributed by atoms with E-state index in [1.807, 2.05) is 44.9 Å². The molecule has 4 rings (SSSR count). The number of esters is 2. The van der Waals surface area contributed by atoms with Gasteiger partial charge in [0.25, 0.3) is 13.7 Å². The number of quaternary nitrogens is 1. The Morgan fingerprint density at radius 1 is 0.744 bits per heavy atom. The molecule has 0 aliphatic carbocycles. The van der Waals surface area contributed by atoms with Crippen LogP contribution in [0.1, 0.15) is 170 Å². The minimum absolute atomic E-state index is 0.0573. The van der Waals surface area contributed by atoms with Gasteiger partial charge in [-0.2, -0.15) is 4.99 Å². The van der Waals surface area contributed by atoms with Crippen molar-refractivity contribution >= 4 is 60.1 Å². The van der Waals surface area contributed by atoms with Crippen molar-refractivity contribution in [1.82, 2.24) is 14.5 Å². The number of carbonyl (C=O) groups excluding carboxylic acids is 4. The number of likely N-dealkylation sites (N-methyl/N-ethyl adjacent to an activating group) is 1. The summed E-state index contributed by atoms with van der Waals surface area (Å²) >= 11 is 0. The van der Waals surface area contributed by atoms with E-state index in [2.05, 4.69) is 29.1 Å². The lowest BCUT2D eigenvalue weighted by Gasteiger charge is -2.28. The number of ether oxygens (including phenoxy) is 3. The Morgan fingerprint density at radius 2 is 1.36 bits per heavy atom. The van der Waals surface area contributed by atoms with Gasteiger partial charge in [0.05, 0.1) is 58.4 Å². The number of rotatable bonds is 40. The summed E-state index contributed by atoms with van der Waals surface area (Å²) in [5.41, 5.74) is 9.09. The van der Waals surface area contributed by atoms with Gasteiger partial charge in [-0.3, -0.25) is 23.8 Å². The van der Waals surface area contributed by atoms with Crippen LogP contribution in [0.15, 0.2) is 71.9 Å². The van der Waals surface area contributed by atoms with Crippen molar-refractivity contribution in [2.24, 2.45) is 17.8 Å². The summed E-state index contributed by atoms with van der Waals surface area (Å²) in [5.74, 6) is -0.680. The van der Waals surface area contributed by atoms with Gasteiger partial charge in [-0.15, -0.1) is 0 Å². The standard InChI is InChI=1S/C58H89N8O11P/c1-7-9-11-13-14-15-16-17-18-19-20-21-22-23-24-29-55(68)77-49(45-76-78(71,72)75-41-39-66(4,5)6)44-74-54(67)36-38-65(52-28-25-26-37-60-52)57(69)47-32-35-51-50(42-47)62-53(64(51)3)43-61-48-33-30-46(31-34-48)56(59)63-58(70)73-40-27-12-10-8-2/h25-26,28,30-35,37,42,49H,7-24,27,29,36,38-41,43-45H2,1-6H3,(H3-,59,61,63,70,71,72). The van der Waals surface area contributed by atoms with Crippen LogP contribution < -0.4 is 20.8 Å². The zero-order chi connectivity index (χ0) is 56.6. The number of amidine groups is 1. The van der Waals surface area contributed by atoms with Gasteiger partial charge in [-0.25, -0.2) is 14.8 Å². The highest BCUT2D eigenvalue weighted by Crippen LogP contribution is 2.38. The van der Waals surface area contributed by atoms with Gasteiger partial charge in [-0.05, 0) is 67.4 Å². The molecule has 19 nitrogen and oxygen atoms in total. The molecule has 20 heteroatoms. The summed E-state index contributed by atoms with van der Waals surface area (Å²) in [4.78, 5) is 79.9. The predicted molar refractivity (Wildman–Crippen MR) is 304 cm³/mol. The fourth-order valence-electron chi connectivity index (χ4n) is 8.45. The summed E-state index contributed by atoms with van der Waals surface area (Å²) in [6, 6.07) is 17.4. The third kappa shape index (κ3) is 25.8. The zero-order valence-electron chi connectivity index (χ0n) is 47.4. The van der Waals surface area contributed by atoms with E-state index in [9.17, 15) is 28.6 Å². The summed E-state index contributed by atoms with van der Waals surface area (Å²) in [6.45, 7) is 4.05. The molecule has 3 N–H and O–H groups in total. The maximum absolute atomic E-state index is 14.3. The van der Waals surface area contributed by atoms with Gasteiger partial charge in [0, 0.05) is 43.0 Å². The van der Waals surface area contributed by atoms with E-state index < -0.39 is 51.1 Å². The number of hydrogen-bond donors (Lipinski definition) is 2. The van der Waals surface area contributed by atoms with Crippen LogP contribution in [0.3, 0.4) is 0 Å². The molecular weight excluding hydrogens is 1020 g/mol. The number of pyridine rings is 1. The summed E-state index contributed by atoms with van der Waals surface area (Å²) in [6.07, 6.45) is 21.2. The number of aryl methyl sites for hydroxylation is 1. The van der Waals surface area contributed by atoms with Gasteiger partial charge in [0.2, 0.25) is 0 Å². The number of fused-ring (bicyclic) bond motifs is 1. The first-order chi connectivity index (χ1) is 37.5. The number of carbonyl (C=O) groups is 4. The Hall–Kier alpha value is -5.72. The van der Waals surface area contributed by atoms with Crippen LogP contribution in [0.25, 0.3) is 11.0 Å². The monoisotopic (exact) mass is 1100 g/mol. The van der Waals surface area contributed by atoms with Crippen molar-refractivity contribution in [3.8, 4) is 0 Å². The summed E-state index contributed by atoms with van der Waals surface area (Å²) in [7, 11) is 2.76. The summed E-state index contributed by atoms with van der Waals surface area (Å²) in [5, 5.41) is 3.35. The first-order valence-corrected chi connectivity index (χ1v) is 29.7. The Balaban J connectivity index is 1.31. The van der Waals surface area contributed by atoms with E-state index in [-0.39, 0.29) is 31.8 Å². The number of nitrogens with one attached hydrogen (secondary N) is 1. The molecule has 4 aromatic rings. The maximum atomic E-state index is 14.3. The Bertz CT molecular complexity index is 2480. The van der Waals surface area contributed by atoms with Crippen LogP contribution in [-0.4, -0.2) is 116 Å². The molecule has 78 heavy (non-hydrogen) atoms. The molecular formula is C58H89N8O11P. The number of imidazole rings is 1. The number of nitrogens with zero attached hydrogens (tertiary/aromatic N) is 6. The molecule has 2 heterocycles. The molecule has 2 atom stereocenters. The number of anilines is 2. The second kappa shape index (κ2) is 35.7. The topological polar surface area (TPSA) is 239 Å². The average molecular weight is 1110 g/mol. The number of amides is 2. The number of phosphoric ester groups is 1. The molecule has 2 aromatic heterocycles. The highest BCUT2D eigenvalue weighted by Gasteiger charge is 2.25. The smallest absolute Gasteiger partial charge is 0.435 e. The number of unbranched alkanes of at least 4 members (excludes halogenated alkanes) is 17. The van der Waals surface area contributed by atoms with Crippen LogP contribution in [0.5, 0.6) is 0 Å². The van der Waals surface area contributed by atoms with Gasteiger partial charge >= 0.3 is 18.0 Å². The van der Waals surface area contributed by atoms with E-state index in [0.29, 0.717) is 58.9 Å². The maximum Gasteiger partial charge on any atom is 0.435 e. The molecule has 0 bridgehead atoms. The lowest BCUT2D eigenvalue weighted by molar-refractivity contribution is -0.870. The number of benzene rings is 2. The number of hydrogen-bond acceptors (Lipinski definition) is 14. The Kier molecular flexibility index (Phi) is 29.7. The molecule has 0 saturated heterocycles. The van der Waals surface area contributed by atoms with E-state index >= 15 is 0 Å². The SMILES string of the molecule is CCCCCCCCCCCCCCCCCC(=O)OC(COC(=O)CCN(C(=O)c1ccc2c(c1)nc(CNc1ccc(/C(N)=N/C(=O)OCCCCCC)cc1)n2C)c1ccccn1)COP(=O)([O-])OCC[N+](C)(C)C. The first-order valence-electron chi connectivity index (χ1n) is 28.3. The highest BCUT2D eigenvalue weighted by atomic mass is 31.2. The first kappa shape index (κ1) is 64.8. The minimum atomic E-state index is -4.79. The van der Waals surface area contributed by atoms with Gasteiger partial charge in [0.1, 0.15) is 37.2 Å². The van der Waals surface area contributed by atoms with Crippen molar-refractivity contribution in [2.75, 3.05) is 70.9 Å². The molecule has 2 amide bonds. The fraction of sp³-hybridized carbons (Fsp3) is 0.603. The number of aromatic nitrogens is 3. The van der Waals surface area contributed by atoms with E-state index in [0.717, 1.165) is 56.1 Å². The number of phosphoric acid groups is 1. The molecule has 2 aromatic carbocycles. The molecule has 0 radical (unpaired) electrons. The van der Waals surface area contributed by atoms with Crippen molar-refractivity contribution in [3.63, 3.8) is 0 Å². The fourth-order valence-corrected chi connectivity index (χ4v) is 9.18. The average Bonchev–Trinajstić information content (AvgIpc) is 3.77. The largest absolute Gasteiger partial charge is 0.756 e. The lowest BCUT2D eigenvalue weighted by Crippen LogP contribution is -2.37. The van der Waals surface area contributed by atoms with Crippen molar-refractivity contribution in [1.29, 1.82) is 0 Å². The van der Waals surface area contributed by atoms with E-state index in [1.165, 1.54) is 81.7 Å². The van der Waals surface area contributed by atoms with Crippen molar-refractivity contribution in [2.45, 2.75) is 161 Å². The predicted octanol–water partition coefficient (Wildman–Crippen LogP) is 11.0. The van der Waals surface area contributed by atoms with Crippen LogP contribution in [0.4, 0.5) is 16.3 Å². The molecule has 432 valence electrons.